The number of guanidine groups is 1. The molecule has 0 amide bonds. The van der Waals surface area contributed by atoms with Crippen LogP contribution in [0.2, 0.25) is 0 Å². The minimum Gasteiger partial charge on any atom is -0.370 e. The van der Waals surface area contributed by atoms with Gasteiger partial charge < -0.3 is 26.7 Å². The highest BCUT2D eigenvalue weighted by Gasteiger charge is 2.15. The van der Waals surface area contributed by atoms with E-state index >= 15 is 0 Å². The second-order valence-corrected chi connectivity index (χ2v) is 8.95. The quantitative estimate of drug-likeness (QED) is 0.192. The second-order valence-electron chi connectivity index (χ2n) is 8.95. The van der Waals surface area contributed by atoms with Gasteiger partial charge in [-0.1, -0.05) is 26.0 Å². The van der Waals surface area contributed by atoms with Crippen LogP contribution in [0.15, 0.2) is 46.3 Å². The molecular formula is C24H34N8O. The van der Waals surface area contributed by atoms with E-state index in [1.165, 1.54) is 0 Å². The molecule has 1 fully saturated rings. The van der Waals surface area contributed by atoms with Crippen molar-refractivity contribution < 1.29 is 0 Å². The van der Waals surface area contributed by atoms with Gasteiger partial charge in [-0.2, -0.15) is 4.98 Å². The Kier molecular flexibility index (Phi) is 7.10. The van der Waals surface area contributed by atoms with Crippen LogP contribution in [0.25, 0.3) is 16.7 Å². The molecule has 0 radical (unpaired) electrons. The van der Waals surface area contributed by atoms with E-state index in [1.807, 2.05) is 18.3 Å². The minimum absolute atomic E-state index is 0.196. The van der Waals surface area contributed by atoms with Crippen molar-refractivity contribution in [3.63, 3.8) is 0 Å². The zero-order valence-electron chi connectivity index (χ0n) is 19.6. The zero-order valence-corrected chi connectivity index (χ0v) is 19.6. The summed E-state index contributed by atoms with van der Waals surface area (Å²) in [4.78, 5) is 24.4. The van der Waals surface area contributed by atoms with Crippen LogP contribution in [0.3, 0.4) is 0 Å². The average Bonchev–Trinajstić information content (AvgIpc) is 3.19. The first kappa shape index (κ1) is 23.0. The Balaban J connectivity index is 1.31. The van der Waals surface area contributed by atoms with Gasteiger partial charge in [-0.15, -0.1) is 0 Å². The van der Waals surface area contributed by atoms with Crippen LogP contribution in [-0.4, -0.2) is 52.7 Å². The van der Waals surface area contributed by atoms with E-state index in [0.29, 0.717) is 23.6 Å². The number of nitrogens with one attached hydrogen (secondary N) is 4. The van der Waals surface area contributed by atoms with Crippen molar-refractivity contribution >= 4 is 17.0 Å². The predicted molar refractivity (Wildman–Crippen MR) is 133 cm³/mol. The standard InChI is InChI=1S/C24H34N8O/c1-15(2)21-11-18-14-32(24(33)31-22(18)30-21)20-7-5-17(6-8-20)16(3)27-9-4-10-28-23(25)29-19-12-26-13-19/h5-8,11,14-16,19,26-27H,4,9-10,12-13H2,1-3H3,(H3,25,28,29)(H,30,31,33)/t16-/m0/s1. The lowest BCUT2D eigenvalue weighted by molar-refractivity contribution is 0.446. The van der Waals surface area contributed by atoms with Gasteiger partial charge in [-0.25, -0.2) is 9.79 Å². The van der Waals surface area contributed by atoms with Crippen molar-refractivity contribution in [3.05, 3.63) is 58.3 Å². The lowest BCUT2D eigenvalue weighted by Crippen LogP contribution is -2.48. The third-order valence-corrected chi connectivity index (χ3v) is 6.01. The maximum absolute atomic E-state index is 12.6. The molecular weight excluding hydrogens is 416 g/mol. The van der Waals surface area contributed by atoms with Gasteiger partial charge in [0, 0.05) is 43.0 Å². The maximum Gasteiger partial charge on any atom is 0.354 e. The van der Waals surface area contributed by atoms with Gasteiger partial charge in [-0.3, -0.25) is 4.57 Å². The van der Waals surface area contributed by atoms with E-state index in [-0.39, 0.29) is 11.7 Å². The Morgan fingerprint density at radius 3 is 2.67 bits per heavy atom. The molecule has 0 saturated carbocycles. The largest absolute Gasteiger partial charge is 0.370 e. The molecule has 0 spiro atoms. The van der Waals surface area contributed by atoms with Gasteiger partial charge in [0.15, 0.2) is 5.96 Å². The molecule has 2 aromatic heterocycles. The number of hydrogen-bond acceptors (Lipinski definition) is 5. The molecule has 9 nitrogen and oxygen atoms in total. The highest BCUT2D eigenvalue weighted by molar-refractivity contribution is 5.78. The fourth-order valence-electron chi connectivity index (χ4n) is 3.78. The molecule has 33 heavy (non-hydrogen) atoms. The summed E-state index contributed by atoms with van der Waals surface area (Å²) in [5.74, 6) is 0.871. The maximum atomic E-state index is 12.6. The number of aromatic amines is 1. The first-order chi connectivity index (χ1) is 15.9. The Bertz CT molecular complexity index is 1160. The summed E-state index contributed by atoms with van der Waals surface area (Å²) in [5.41, 5.74) is 9.28. The van der Waals surface area contributed by atoms with Gasteiger partial charge >= 0.3 is 5.69 Å². The lowest BCUT2D eigenvalue weighted by Gasteiger charge is -2.23. The Labute approximate surface area is 193 Å². The number of benzene rings is 1. The Morgan fingerprint density at radius 2 is 2.00 bits per heavy atom. The van der Waals surface area contributed by atoms with Gasteiger partial charge in [-0.05, 0) is 49.6 Å². The van der Waals surface area contributed by atoms with E-state index < -0.39 is 0 Å². The molecule has 3 heterocycles. The zero-order chi connectivity index (χ0) is 23.4. The fourth-order valence-corrected chi connectivity index (χ4v) is 3.78. The third-order valence-electron chi connectivity index (χ3n) is 6.01. The molecule has 176 valence electrons. The molecule has 1 aliphatic heterocycles. The topological polar surface area (TPSA) is 125 Å². The normalized spacial score (nSPS) is 15.7. The molecule has 6 N–H and O–H groups in total. The summed E-state index contributed by atoms with van der Waals surface area (Å²) in [7, 11) is 0. The first-order valence-corrected chi connectivity index (χ1v) is 11.6. The number of nitrogens with zero attached hydrogens (tertiary/aromatic N) is 3. The molecule has 4 rings (SSSR count). The summed E-state index contributed by atoms with van der Waals surface area (Å²) in [6.07, 6.45) is 2.80. The van der Waals surface area contributed by atoms with E-state index in [1.54, 1.807) is 4.57 Å². The molecule has 1 saturated heterocycles. The summed E-state index contributed by atoms with van der Waals surface area (Å²) >= 11 is 0. The molecule has 0 unspecified atom stereocenters. The summed E-state index contributed by atoms with van der Waals surface area (Å²) < 4.78 is 1.60. The van der Waals surface area contributed by atoms with E-state index in [0.717, 1.165) is 54.9 Å². The molecule has 0 aliphatic carbocycles. The van der Waals surface area contributed by atoms with Crippen LogP contribution in [0, 0.1) is 0 Å². The minimum atomic E-state index is -0.289. The van der Waals surface area contributed by atoms with Gasteiger partial charge in [0.05, 0.1) is 11.7 Å². The Morgan fingerprint density at radius 1 is 1.24 bits per heavy atom. The van der Waals surface area contributed by atoms with Crippen molar-refractivity contribution in [2.24, 2.45) is 10.7 Å². The molecule has 0 bridgehead atoms. The van der Waals surface area contributed by atoms with Crippen molar-refractivity contribution in [2.45, 2.75) is 45.2 Å². The number of nitrogens with two attached hydrogens (primary N) is 1. The SMILES string of the molecule is CC(C)c1cc2cn(-c3ccc([C@H](C)NCCCN/C(N)=N\C4CNC4)cc3)c(=O)nc2[nH]1. The van der Waals surface area contributed by atoms with Crippen LogP contribution >= 0.6 is 0 Å². The van der Waals surface area contributed by atoms with Crippen molar-refractivity contribution in [1.29, 1.82) is 0 Å². The van der Waals surface area contributed by atoms with Gasteiger partial charge in [0.2, 0.25) is 0 Å². The molecule has 1 atom stereocenters. The molecule has 3 aromatic rings. The van der Waals surface area contributed by atoms with E-state index in [4.69, 9.17) is 5.73 Å². The smallest absolute Gasteiger partial charge is 0.354 e. The molecule has 9 heteroatoms. The summed E-state index contributed by atoms with van der Waals surface area (Å²) in [5, 5.41) is 10.8. The van der Waals surface area contributed by atoms with E-state index in [9.17, 15) is 4.79 Å². The number of H-pyrrole nitrogens is 1. The van der Waals surface area contributed by atoms with E-state index in [2.05, 4.69) is 69.9 Å². The van der Waals surface area contributed by atoms with Crippen molar-refractivity contribution in [3.8, 4) is 5.69 Å². The predicted octanol–water partition coefficient (Wildman–Crippen LogP) is 1.75. The van der Waals surface area contributed by atoms with Crippen molar-refractivity contribution in [1.82, 2.24) is 30.5 Å². The summed E-state index contributed by atoms with van der Waals surface area (Å²) in [6.45, 7) is 9.81. The summed E-state index contributed by atoms with van der Waals surface area (Å²) in [6, 6.07) is 10.6. The number of fused-ring (bicyclic) bond motifs is 1. The Hall–Kier alpha value is -3.17. The van der Waals surface area contributed by atoms with Crippen LogP contribution in [-0.2, 0) is 0 Å². The molecule has 1 aliphatic rings. The van der Waals surface area contributed by atoms with Crippen molar-refractivity contribution in [2.75, 3.05) is 26.2 Å². The number of rotatable bonds is 9. The second kappa shape index (κ2) is 10.2. The van der Waals surface area contributed by atoms with Crippen LogP contribution in [0.1, 0.15) is 50.4 Å². The van der Waals surface area contributed by atoms with Crippen LogP contribution in [0.5, 0.6) is 0 Å². The number of aromatic nitrogens is 3. The average molecular weight is 451 g/mol. The first-order valence-electron chi connectivity index (χ1n) is 11.6. The fraction of sp³-hybridized carbons (Fsp3) is 0.458. The number of hydrogen-bond donors (Lipinski definition) is 5. The van der Waals surface area contributed by atoms with Gasteiger partial charge in [0.1, 0.15) is 5.65 Å². The lowest BCUT2D eigenvalue weighted by atomic mass is 10.1. The molecule has 1 aromatic carbocycles. The highest BCUT2D eigenvalue weighted by Crippen LogP contribution is 2.20. The van der Waals surface area contributed by atoms with Gasteiger partial charge in [0.25, 0.3) is 0 Å². The monoisotopic (exact) mass is 450 g/mol. The third kappa shape index (κ3) is 5.61. The van der Waals surface area contributed by atoms with Crippen LogP contribution < -0.4 is 27.4 Å². The number of aliphatic imine (C=N–C) groups is 1. The highest BCUT2D eigenvalue weighted by atomic mass is 16.1. The van der Waals surface area contributed by atoms with Crippen LogP contribution in [0.4, 0.5) is 0 Å².